The van der Waals surface area contributed by atoms with Gasteiger partial charge in [0.15, 0.2) is 28.6 Å². The minimum Gasteiger partial charge on any atom is -0.390 e. The summed E-state index contributed by atoms with van der Waals surface area (Å²) in [7, 11) is 0. The lowest BCUT2D eigenvalue weighted by molar-refractivity contribution is -0.260. The van der Waals surface area contributed by atoms with E-state index in [9.17, 15) is 19.8 Å². The topological polar surface area (TPSA) is 93.1 Å². The van der Waals surface area contributed by atoms with E-state index in [4.69, 9.17) is 9.47 Å². The molecule has 0 aromatic heterocycles. The highest BCUT2D eigenvalue weighted by molar-refractivity contribution is 6.01. The Hall–Kier alpha value is -1.41. The van der Waals surface area contributed by atoms with Gasteiger partial charge in [-0.15, -0.1) is 0 Å². The fourth-order valence-corrected chi connectivity index (χ4v) is 8.65. The number of ether oxygens (including phenoxy) is 2. The van der Waals surface area contributed by atoms with Crippen LogP contribution in [0.5, 0.6) is 0 Å². The van der Waals surface area contributed by atoms with Crippen LogP contribution in [-0.4, -0.2) is 57.7 Å². The maximum absolute atomic E-state index is 17.4. The molecule has 2 N–H and O–H groups in total. The number of carbonyl (C=O) groups excluding carboxylic acids is 2. The Kier molecular flexibility index (Phi) is 4.84. The number of Topliss-reactive ketones (excluding diaryl/α,β-unsaturated/α-hetero) is 1. The van der Waals surface area contributed by atoms with Crippen LogP contribution in [0.2, 0.25) is 0 Å². The smallest absolute Gasteiger partial charge is 0.193 e. The number of rotatable bonds is 3. The standard InChI is InChI=1S/C26H35FO6/c1-14(2)24-12-19(30)25(27)17(7-6-15-10-16(29)8-9-23(15,25)5)18(24)11-21-26(24,20(31)13-28)33-22(3,4)32-21/h8-10,14,17-19,21,28,30H,6-7,11-13H2,1-5H3/t17?,18?,19?,21?,23?,24?,25-,26?/m0/s1. The van der Waals surface area contributed by atoms with Crippen molar-refractivity contribution in [3.63, 3.8) is 0 Å². The van der Waals surface area contributed by atoms with Crippen LogP contribution in [0.25, 0.3) is 0 Å². The Labute approximate surface area is 194 Å². The van der Waals surface area contributed by atoms with Gasteiger partial charge in [0.25, 0.3) is 0 Å². The summed E-state index contributed by atoms with van der Waals surface area (Å²) in [6.45, 7) is 8.56. The molecule has 33 heavy (non-hydrogen) atoms. The van der Waals surface area contributed by atoms with Gasteiger partial charge in [-0.2, -0.15) is 0 Å². The summed E-state index contributed by atoms with van der Waals surface area (Å²) >= 11 is 0. The largest absolute Gasteiger partial charge is 0.390 e. The van der Waals surface area contributed by atoms with Crippen LogP contribution >= 0.6 is 0 Å². The highest BCUT2D eigenvalue weighted by Crippen LogP contribution is 2.74. The molecule has 1 aliphatic heterocycles. The number of allylic oxidation sites excluding steroid dienone is 4. The Bertz CT molecular complexity index is 970. The van der Waals surface area contributed by atoms with Crippen molar-refractivity contribution in [2.75, 3.05) is 6.61 Å². The van der Waals surface area contributed by atoms with Crippen molar-refractivity contribution in [2.24, 2.45) is 28.6 Å². The van der Waals surface area contributed by atoms with Gasteiger partial charge in [0, 0.05) is 16.7 Å². The summed E-state index contributed by atoms with van der Waals surface area (Å²) in [5.74, 6) is -2.61. The molecule has 5 aliphatic rings. The fraction of sp³-hybridized carbons (Fsp3) is 0.769. The first-order valence-electron chi connectivity index (χ1n) is 12.1. The highest BCUT2D eigenvalue weighted by Gasteiger charge is 2.81. The number of alkyl halides is 1. The number of carbonyl (C=O) groups is 2. The molecule has 0 aromatic carbocycles. The second-order valence-corrected chi connectivity index (χ2v) is 11.7. The van der Waals surface area contributed by atoms with Crippen LogP contribution < -0.4 is 0 Å². The number of aliphatic hydroxyl groups is 2. The molecule has 3 saturated carbocycles. The summed E-state index contributed by atoms with van der Waals surface area (Å²) in [5, 5.41) is 21.6. The molecule has 5 rings (SSSR count). The third-order valence-corrected chi connectivity index (χ3v) is 9.82. The van der Waals surface area contributed by atoms with Crippen molar-refractivity contribution in [1.29, 1.82) is 0 Å². The van der Waals surface area contributed by atoms with Gasteiger partial charge in [-0.3, -0.25) is 9.59 Å². The number of halogens is 1. The zero-order valence-corrected chi connectivity index (χ0v) is 20.1. The molecule has 1 saturated heterocycles. The van der Waals surface area contributed by atoms with Gasteiger partial charge in [-0.25, -0.2) is 4.39 Å². The van der Waals surface area contributed by atoms with Crippen LogP contribution in [0.4, 0.5) is 4.39 Å². The van der Waals surface area contributed by atoms with Crippen molar-refractivity contribution >= 4 is 11.6 Å². The molecule has 8 atom stereocenters. The van der Waals surface area contributed by atoms with E-state index in [0.29, 0.717) is 19.3 Å². The lowest BCUT2D eigenvalue weighted by Gasteiger charge is -2.64. The molecule has 6 nitrogen and oxygen atoms in total. The molecular formula is C26H35FO6. The van der Waals surface area contributed by atoms with E-state index in [1.54, 1.807) is 26.8 Å². The van der Waals surface area contributed by atoms with Crippen LogP contribution in [0.15, 0.2) is 23.8 Å². The normalized spacial score (nSPS) is 49.8. The fourth-order valence-electron chi connectivity index (χ4n) is 8.65. The first-order chi connectivity index (χ1) is 15.3. The Balaban J connectivity index is 1.70. The number of hydrogen-bond acceptors (Lipinski definition) is 6. The van der Waals surface area contributed by atoms with Crippen molar-refractivity contribution < 1.29 is 33.7 Å². The molecule has 0 amide bonds. The predicted octanol–water partition coefficient (Wildman–Crippen LogP) is 3.05. The Morgan fingerprint density at radius 3 is 2.61 bits per heavy atom. The average molecular weight is 463 g/mol. The average Bonchev–Trinajstić information content (AvgIpc) is 3.15. The molecule has 0 radical (unpaired) electrons. The molecule has 0 bridgehead atoms. The zero-order valence-electron chi connectivity index (χ0n) is 20.1. The predicted molar refractivity (Wildman–Crippen MR) is 118 cm³/mol. The van der Waals surface area contributed by atoms with Crippen molar-refractivity contribution in [3.8, 4) is 0 Å². The third kappa shape index (κ3) is 2.52. The molecule has 182 valence electrons. The summed E-state index contributed by atoms with van der Waals surface area (Å²) < 4.78 is 30.0. The first-order valence-corrected chi connectivity index (χ1v) is 12.1. The Morgan fingerprint density at radius 2 is 1.97 bits per heavy atom. The van der Waals surface area contributed by atoms with Crippen LogP contribution in [-0.2, 0) is 19.1 Å². The summed E-state index contributed by atoms with van der Waals surface area (Å²) in [6, 6.07) is 0. The van der Waals surface area contributed by atoms with E-state index >= 15 is 4.39 Å². The SMILES string of the molecule is CC(C)C12CC(O)[C@@]3(F)C(CCC4=CC(=O)C=CC43C)C1CC1OC(C)(C)OC12C(=O)CO. The first kappa shape index (κ1) is 23.3. The maximum Gasteiger partial charge on any atom is 0.193 e. The van der Waals surface area contributed by atoms with Crippen molar-refractivity contribution in [2.45, 2.75) is 89.6 Å². The molecule has 1 heterocycles. The van der Waals surface area contributed by atoms with Crippen LogP contribution in [0.1, 0.15) is 60.3 Å². The van der Waals surface area contributed by atoms with Gasteiger partial charge < -0.3 is 19.7 Å². The number of hydrogen-bond donors (Lipinski definition) is 2. The van der Waals surface area contributed by atoms with E-state index in [0.717, 1.165) is 5.57 Å². The molecular weight excluding hydrogens is 427 g/mol. The number of ketones is 2. The zero-order chi connectivity index (χ0) is 24.2. The van der Waals surface area contributed by atoms with Gasteiger partial charge in [0.05, 0.1) is 12.2 Å². The van der Waals surface area contributed by atoms with E-state index in [1.807, 2.05) is 13.8 Å². The molecule has 7 unspecified atom stereocenters. The van der Waals surface area contributed by atoms with Gasteiger partial charge in [-0.05, 0) is 70.4 Å². The molecule has 7 heteroatoms. The minimum absolute atomic E-state index is 0.0225. The summed E-state index contributed by atoms with van der Waals surface area (Å²) in [4.78, 5) is 25.5. The van der Waals surface area contributed by atoms with Crippen LogP contribution in [0.3, 0.4) is 0 Å². The third-order valence-electron chi connectivity index (χ3n) is 9.82. The van der Waals surface area contributed by atoms with Gasteiger partial charge >= 0.3 is 0 Å². The van der Waals surface area contributed by atoms with Crippen molar-refractivity contribution in [1.82, 2.24) is 0 Å². The summed E-state index contributed by atoms with van der Waals surface area (Å²) in [6.07, 6.45) is 4.02. The monoisotopic (exact) mass is 462 g/mol. The second-order valence-electron chi connectivity index (χ2n) is 11.7. The maximum atomic E-state index is 17.4. The van der Waals surface area contributed by atoms with E-state index in [-0.39, 0.29) is 24.0 Å². The molecule has 0 spiro atoms. The number of aliphatic hydroxyl groups excluding tert-OH is 2. The van der Waals surface area contributed by atoms with Gasteiger partial charge in [-0.1, -0.05) is 25.5 Å². The van der Waals surface area contributed by atoms with E-state index < -0.39 is 58.4 Å². The lowest BCUT2D eigenvalue weighted by Crippen LogP contribution is -2.71. The van der Waals surface area contributed by atoms with E-state index in [2.05, 4.69) is 0 Å². The lowest BCUT2D eigenvalue weighted by atomic mass is 9.42. The second kappa shape index (κ2) is 6.84. The molecule has 4 fully saturated rings. The van der Waals surface area contributed by atoms with E-state index in [1.165, 1.54) is 12.2 Å². The highest BCUT2D eigenvalue weighted by atomic mass is 19.1. The van der Waals surface area contributed by atoms with Crippen LogP contribution in [0, 0.1) is 28.6 Å². The molecule has 4 aliphatic carbocycles. The quantitative estimate of drug-likeness (QED) is 0.670. The van der Waals surface area contributed by atoms with Gasteiger partial charge in [0.2, 0.25) is 0 Å². The minimum atomic E-state index is -1.99. The number of fused-ring (bicyclic) bond motifs is 7. The summed E-state index contributed by atoms with van der Waals surface area (Å²) in [5.41, 5.74) is -4.70. The van der Waals surface area contributed by atoms with Gasteiger partial charge in [0.1, 0.15) is 6.61 Å². The Morgan fingerprint density at radius 1 is 1.27 bits per heavy atom. The van der Waals surface area contributed by atoms with Crippen molar-refractivity contribution in [3.05, 3.63) is 23.8 Å². The molecule has 0 aromatic rings.